The number of carbonyl (C=O) groups is 1. The zero-order valence-corrected chi connectivity index (χ0v) is 11.4. The van der Waals surface area contributed by atoms with Crippen molar-refractivity contribution in [1.29, 1.82) is 5.26 Å². The van der Waals surface area contributed by atoms with E-state index in [-0.39, 0.29) is 11.1 Å². The quantitative estimate of drug-likeness (QED) is 0.477. The predicted molar refractivity (Wildman–Crippen MR) is 73.6 cm³/mol. The first-order chi connectivity index (χ1) is 9.51. The van der Waals surface area contributed by atoms with Gasteiger partial charge in [-0.05, 0) is 36.4 Å². The second-order valence-electron chi connectivity index (χ2n) is 3.77. The highest BCUT2D eigenvalue weighted by Crippen LogP contribution is 2.24. The smallest absolute Gasteiger partial charge is 0.203 e. The molecule has 0 saturated heterocycles. The SMILES string of the molecule is N#CC(=Cc1ccc(Cl)s1)C(=O)c1ccc(F)c(F)c1. The maximum atomic E-state index is 13.1. The average Bonchev–Trinajstić information content (AvgIpc) is 2.84. The molecule has 0 radical (unpaired) electrons. The summed E-state index contributed by atoms with van der Waals surface area (Å²) < 4.78 is 26.4. The number of thiophene rings is 1. The summed E-state index contributed by atoms with van der Waals surface area (Å²) in [6.07, 6.45) is 1.36. The van der Waals surface area contributed by atoms with Gasteiger partial charge in [0.2, 0.25) is 5.78 Å². The molecule has 100 valence electrons. The van der Waals surface area contributed by atoms with E-state index in [1.807, 2.05) is 0 Å². The second-order valence-corrected chi connectivity index (χ2v) is 5.52. The van der Waals surface area contributed by atoms with Crippen LogP contribution < -0.4 is 0 Å². The van der Waals surface area contributed by atoms with E-state index in [0.717, 1.165) is 18.2 Å². The molecule has 1 heterocycles. The minimum Gasteiger partial charge on any atom is -0.288 e. The number of ketones is 1. The van der Waals surface area contributed by atoms with Crippen LogP contribution in [0.2, 0.25) is 4.34 Å². The Kier molecular flexibility index (Phi) is 4.28. The highest BCUT2D eigenvalue weighted by molar-refractivity contribution is 7.17. The molecule has 0 aliphatic heterocycles. The van der Waals surface area contributed by atoms with Crippen molar-refractivity contribution in [2.75, 3.05) is 0 Å². The van der Waals surface area contributed by atoms with Crippen LogP contribution in [-0.4, -0.2) is 5.78 Å². The van der Waals surface area contributed by atoms with Gasteiger partial charge in [-0.25, -0.2) is 8.78 Å². The van der Waals surface area contributed by atoms with Gasteiger partial charge in [-0.15, -0.1) is 11.3 Å². The summed E-state index contributed by atoms with van der Waals surface area (Å²) in [7, 11) is 0. The Balaban J connectivity index is 2.37. The minimum atomic E-state index is -1.13. The maximum absolute atomic E-state index is 13.1. The highest BCUT2D eigenvalue weighted by atomic mass is 35.5. The van der Waals surface area contributed by atoms with Crippen LogP contribution in [-0.2, 0) is 0 Å². The van der Waals surface area contributed by atoms with E-state index in [9.17, 15) is 13.6 Å². The Bertz CT molecular complexity index is 746. The number of rotatable bonds is 3. The highest BCUT2D eigenvalue weighted by Gasteiger charge is 2.14. The van der Waals surface area contributed by atoms with Crippen molar-refractivity contribution in [3.05, 3.63) is 62.3 Å². The number of Topliss-reactive ketones (excluding diaryl/α,β-unsaturated/α-hetero) is 1. The maximum Gasteiger partial charge on any atom is 0.203 e. The summed E-state index contributed by atoms with van der Waals surface area (Å²) in [6.45, 7) is 0. The lowest BCUT2D eigenvalue weighted by Crippen LogP contribution is -2.03. The lowest BCUT2D eigenvalue weighted by atomic mass is 10.0. The number of hydrogen-bond donors (Lipinski definition) is 0. The molecule has 20 heavy (non-hydrogen) atoms. The zero-order chi connectivity index (χ0) is 14.7. The fourth-order valence-corrected chi connectivity index (χ4v) is 2.49. The van der Waals surface area contributed by atoms with Gasteiger partial charge in [0, 0.05) is 10.4 Å². The molecule has 0 amide bonds. The van der Waals surface area contributed by atoms with E-state index in [1.165, 1.54) is 17.4 Å². The Morgan fingerprint density at radius 2 is 2.00 bits per heavy atom. The van der Waals surface area contributed by atoms with E-state index in [4.69, 9.17) is 16.9 Å². The lowest BCUT2D eigenvalue weighted by Gasteiger charge is -2.00. The van der Waals surface area contributed by atoms with Crippen LogP contribution in [0.4, 0.5) is 8.78 Å². The van der Waals surface area contributed by atoms with Crippen LogP contribution in [0.25, 0.3) is 6.08 Å². The molecule has 0 aliphatic rings. The molecule has 0 bridgehead atoms. The molecule has 0 saturated carbocycles. The predicted octanol–water partition coefficient (Wildman–Crippen LogP) is 4.47. The monoisotopic (exact) mass is 309 g/mol. The topological polar surface area (TPSA) is 40.9 Å². The van der Waals surface area contributed by atoms with Gasteiger partial charge in [-0.3, -0.25) is 4.79 Å². The molecular weight excluding hydrogens is 304 g/mol. The largest absolute Gasteiger partial charge is 0.288 e. The Labute approximate surface area is 122 Å². The van der Waals surface area contributed by atoms with Crippen molar-refractivity contribution in [2.45, 2.75) is 0 Å². The normalized spacial score (nSPS) is 11.2. The van der Waals surface area contributed by atoms with Gasteiger partial charge in [0.15, 0.2) is 11.6 Å². The van der Waals surface area contributed by atoms with Crippen LogP contribution in [0.15, 0.2) is 35.9 Å². The Hall–Kier alpha value is -2.03. The summed E-state index contributed by atoms with van der Waals surface area (Å²) >= 11 is 6.95. The second kappa shape index (κ2) is 5.95. The van der Waals surface area contributed by atoms with Crippen molar-refractivity contribution < 1.29 is 13.6 Å². The fourth-order valence-electron chi connectivity index (χ4n) is 1.49. The van der Waals surface area contributed by atoms with E-state index >= 15 is 0 Å². The van der Waals surface area contributed by atoms with Gasteiger partial charge in [0.05, 0.1) is 4.34 Å². The van der Waals surface area contributed by atoms with E-state index in [0.29, 0.717) is 9.21 Å². The van der Waals surface area contributed by atoms with Gasteiger partial charge in [-0.1, -0.05) is 11.6 Å². The van der Waals surface area contributed by atoms with Crippen molar-refractivity contribution in [2.24, 2.45) is 0 Å². The first kappa shape index (κ1) is 14.4. The fraction of sp³-hybridized carbons (Fsp3) is 0. The third kappa shape index (κ3) is 3.10. The third-order valence-corrected chi connectivity index (χ3v) is 3.61. The first-order valence-corrected chi connectivity index (χ1v) is 6.57. The number of benzene rings is 1. The number of carbonyl (C=O) groups excluding carboxylic acids is 1. The molecule has 1 aromatic carbocycles. The summed E-state index contributed by atoms with van der Waals surface area (Å²) in [5, 5.41) is 9.01. The lowest BCUT2D eigenvalue weighted by molar-refractivity contribution is 0.103. The van der Waals surface area contributed by atoms with Crippen LogP contribution in [0, 0.1) is 23.0 Å². The molecule has 0 unspecified atom stereocenters. The number of nitriles is 1. The first-order valence-electron chi connectivity index (χ1n) is 5.38. The number of halogens is 3. The molecule has 0 aliphatic carbocycles. The molecule has 0 N–H and O–H groups in total. The van der Waals surface area contributed by atoms with Crippen molar-refractivity contribution in [1.82, 2.24) is 0 Å². The van der Waals surface area contributed by atoms with Crippen molar-refractivity contribution >= 4 is 34.8 Å². The standard InChI is InChI=1S/C14H6ClF2NOS/c15-13-4-2-10(20-13)5-9(7-18)14(19)8-1-3-11(16)12(17)6-8/h1-6H. The zero-order valence-electron chi connectivity index (χ0n) is 9.86. The molecule has 6 heteroatoms. The third-order valence-electron chi connectivity index (χ3n) is 2.43. The molecule has 0 fully saturated rings. The van der Waals surface area contributed by atoms with E-state index < -0.39 is 17.4 Å². The van der Waals surface area contributed by atoms with Gasteiger partial charge in [0.1, 0.15) is 11.6 Å². The average molecular weight is 310 g/mol. The van der Waals surface area contributed by atoms with Crippen molar-refractivity contribution in [3.63, 3.8) is 0 Å². The van der Waals surface area contributed by atoms with Gasteiger partial charge < -0.3 is 0 Å². The van der Waals surface area contributed by atoms with Gasteiger partial charge in [-0.2, -0.15) is 5.26 Å². The Morgan fingerprint density at radius 1 is 1.25 bits per heavy atom. The van der Waals surface area contributed by atoms with E-state index in [1.54, 1.807) is 18.2 Å². The summed E-state index contributed by atoms with van der Waals surface area (Å²) in [5.41, 5.74) is -0.256. The summed E-state index contributed by atoms with van der Waals surface area (Å²) in [6, 6.07) is 7.79. The molecule has 0 spiro atoms. The summed E-state index contributed by atoms with van der Waals surface area (Å²) in [4.78, 5) is 12.7. The number of hydrogen-bond acceptors (Lipinski definition) is 3. The molecule has 0 atom stereocenters. The van der Waals surface area contributed by atoms with Gasteiger partial charge >= 0.3 is 0 Å². The molecule has 2 rings (SSSR count). The summed E-state index contributed by atoms with van der Waals surface area (Å²) in [5.74, 6) is -2.85. The molecule has 2 nitrogen and oxygen atoms in total. The van der Waals surface area contributed by atoms with E-state index in [2.05, 4.69) is 0 Å². The molecule has 1 aromatic heterocycles. The van der Waals surface area contributed by atoms with Crippen molar-refractivity contribution in [3.8, 4) is 6.07 Å². The molecule has 2 aromatic rings. The molecular formula is C14H6ClF2NOS. The number of nitrogens with zero attached hydrogens (tertiary/aromatic N) is 1. The van der Waals surface area contributed by atoms with Crippen LogP contribution in [0.3, 0.4) is 0 Å². The number of allylic oxidation sites excluding steroid dienone is 1. The van der Waals surface area contributed by atoms with Crippen LogP contribution in [0.1, 0.15) is 15.2 Å². The Morgan fingerprint density at radius 3 is 2.55 bits per heavy atom. The van der Waals surface area contributed by atoms with Gasteiger partial charge in [0.25, 0.3) is 0 Å². The van der Waals surface area contributed by atoms with Crippen LogP contribution >= 0.6 is 22.9 Å². The van der Waals surface area contributed by atoms with Crippen LogP contribution in [0.5, 0.6) is 0 Å². The minimum absolute atomic E-state index is 0.0839.